The number of methoxy groups -OCH3 is 1. The number of amides is 1. The highest BCUT2D eigenvalue weighted by molar-refractivity contribution is 5.95. The molecule has 1 saturated heterocycles. The Hall–Kier alpha value is -1.89. The maximum absolute atomic E-state index is 13.1. The monoisotopic (exact) mass is 351 g/mol. The molecule has 1 fully saturated rings. The van der Waals surface area contributed by atoms with E-state index in [-0.39, 0.29) is 24.6 Å². The molecule has 0 bridgehead atoms. The van der Waals surface area contributed by atoms with E-state index < -0.39 is 11.4 Å². The van der Waals surface area contributed by atoms with Crippen LogP contribution in [0.1, 0.15) is 56.6 Å². The van der Waals surface area contributed by atoms with Gasteiger partial charge in [0.2, 0.25) is 0 Å². The van der Waals surface area contributed by atoms with E-state index in [1.807, 2.05) is 32.4 Å². The summed E-state index contributed by atoms with van der Waals surface area (Å²) in [6.07, 6.45) is 3.46. The van der Waals surface area contributed by atoms with Gasteiger partial charge in [-0.1, -0.05) is 6.92 Å². The first-order valence-electron chi connectivity index (χ1n) is 8.75. The highest BCUT2D eigenvalue weighted by atomic mass is 16.5. The minimum Gasteiger partial charge on any atom is -0.481 e. The topological polar surface area (TPSA) is 84.7 Å². The third kappa shape index (κ3) is 3.71. The van der Waals surface area contributed by atoms with Gasteiger partial charge in [-0.05, 0) is 40.0 Å². The van der Waals surface area contributed by atoms with Crippen LogP contribution in [0.3, 0.4) is 0 Å². The van der Waals surface area contributed by atoms with E-state index in [1.54, 1.807) is 11.1 Å². The van der Waals surface area contributed by atoms with Gasteiger partial charge in [0.15, 0.2) is 0 Å². The first kappa shape index (κ1) is 19.4. The maximum Gasteiger partial charge on any atom is 0.313 e. The number of nitrogens with zero attached hydrogens (tertiary/aromatic N) is 3. The van der Waals surface area contributed by atoms with Crippen molar-refractivity contribution >= 4 is 11.9 Å². The van der Waals surface area contributed by atoms with Crippen LogP contribution in [0, 0.1) is 5.41 Å². The molecule has 1 aliphatic rings. The minimum absolute atomic E-state index is 0.105. The van der Waals surface area contributed by atoms with Crippen molar-refractivity contribution in [2.24, 2.45) is 5.41 Å². The number of carboxylic acid groups (broad SMARTS) is 1. The third-order valence-electron chi connectivity index (χ3n) is 4.81. The number of rotatable bonds is 5. The first-order chi connectivity index (χ1) is 11.7. The predicted octanol–water partition coefficient (Wildman–Crippen LogP) is 2.15. The van der Waals surface area contributed by atoms with Crippen molar-refractivity contribution < 1.29 is 19.4 Å². The van der Waals surface area contributed by atoms with E-state index >= 15 is 0 Å². The molecule has 2 heterocycles. The van der Waals surface area contributed by atoms with Crippen LogP contribution in [0.15, 0.2) is 6.20 Å². The van der Waals surface area contributed by atoms with Gasteiger partial charge >= 0.3 is 5.97 Å². The molecule has 1 unspecified atom stereocenters. The number of likely N-dealkylation sites (tertiary alicyclic amines) is 1. The zero-order valence-electron chi connectivity index (χ0n) is 15.8. The molecule has 7 nitrogen and oxygen atoms in total. The number of carboxylic acids is 1. The Bertz CT molecular complexity index is 643. The molecule has 0 aliphatic carbocycles. The van der Waals surface area contributed by atoms with Crippen molar-refractivity contribution in [1.82, 2.24) is 14.7 Å². The smallest absolute Gasteiger partial charge is 0.313 e. The van der Waals surface area contributed by atoms with Gasteiger partial charge in [-0.3, -0.25) is 14.3 Å². The lowest BCUT2D eigenvalue weighted by Crippen LogP contribution is -2.52. The first-order valence-corrected chi connectivity index (χ1v) is 8.75. The largest absolute Gasteiger partial charge is 0.481 e. The lowest BCUT2D eigenvalue weighted by atomic mass is 9.80. The molecule has 0 saturated carbocycles. The van der Waals surface area contributed by atoms with Crippen LogP contribution in [0.2, 0.25) is 0 Å². The fourth-order valence-corrected chi connectivity index (χ4v) is 3.58. The van der Waals surface area contributed by atoms with Crippen molar-refractivity contribution in [3.8, 4) is 0 Å². The van der Waals surface area contributed by atoms with Crippen LogP contribution >= 0.6 is 0 Å². The third-order valence-corrected chi connectivity index (χ3v) is 4.81. The number of carbonyl (C=O) groups is 2. The summed E-state index contributed by atoms with van der Waals surface area (Å²) in [5.41, 5.74) is 0.202. The van der Waals surface area contributed by atoms with Crippen molar-refractivity contribution in [2.75, 3.05) is 26.8 Å². The molecule has 1 atom stereocenters. The summed E-state index contributed by atoms with van der Waals surface area (Å²) < 4.78 is 7.02. The second kappa shape index (κ2) is 7.15. The summed E-state index contributed by atoms with van der Waals surface area (Å²) in [4.78, 5) is 26.5. The SMILES string of the molecule is CCc1c(C(=O)N2CCCC(COC)(C(=O)O)C2)cnn1C(C)(C)C. The highest BCUT2D eigenvalue weighted by Crippen LogP contribution is 2.32. The molecule has 1 N–H and O–H groups in total. The van der Waals surface area contributed by atoms with Gasteiger partial charge in [-0.15, -0.1) is 0 Å². The number of piperidine rings is 1. The second-order valence-electron chi connectivity index (χ2n) is 7.79. The van der Waals surface area contributed by atoms with E-state index in [0.29, 0.717) is 31.4 Å². The van der Waals surface area contributed by atoms with Crippen LogP contribution in [0.4, 0.5) is 0 Å². The van der Waals surface area contributed by atoms with Gasteiger partial charge in [0, 0.05) is 20.2 Å². The predicted molar refractivity (Wildman–Crippen MR) is 93.7 cm³/mol. The molecule has 1 aromatic heterocycles. The van der Waals surface area contributed by atoms with E-state index in [1.165, 1.54) is 7.11 Å². The van der Waals surface area contributed by atoms with Gasteiger partial charge in [-0.2, -0.15) is 5.10 Å². The molecular weight excluding hydrogens is 322 g/mol. The zero-order valence-corrected chi connectivity index (χ0v) is 15.8. The van der Waals surface area contributed by atoms with Crippen molar-refractivity contribution in [3.63, 3.8) is 0 Å². The Labute approximate surface area is 148 Å². The Morgan fingerprint density at radius 3 is 2.60 bits per heavy atom. The number of carbonyl (C=O) groups excluding carboxylic acids is 1. The zero-order chi connectivity index (χ0) is 18.8. The molecule has 140 valence electrons. The van der Waals surface area contributed by atoms with Gasteiger partial charge in [0.25, 0.3) is 5.91 Å². The molecule has 0 aromatic carbocycles. The fourth-order valence-electron chi connectivity index (χ4n) is 3.58. The Kier molecular flexibility index (Phi) is 5.56. The quantitative estimate of drug-likeness (QED) is 0.879. The van der Waals surface area contributed by atoms with Gasteiger partial charge < -0.3 is 14.7 Å². The van der Waals surface area contributed by atoms with Gasteiger partial charge in [0.1, 0.15) is 5.41 Å². The number of ether oxygens (including phenoxy) is 1. The molecule has 2 rings (SSSR count). The maximum atomic E-state index is 13.1. The van der Waals surface area contributed by atoms with E-state index in [4.69, 9.17) is 4.74 Å². The van der Waals surface area contributed by atoms with E-state index in [0.717, 1.165) is 5.69 Å². The Morgan fingerprint density at radius 2 is 2.08 bits per heavy atom. The summed E-state index contributed by atoms with van der Waals surface area (Å²) in [6.45, 7) is 8.96. The van der Waals surface area contributed by atoms with Crippen molar-refractivity contribution in [2.45, 2.75) is 52.5 Å². The second-order valence-corrected chi connectivity index (χ2v) is 7.79. The average Bonchev–Trinajstić information content (AvgIpc) is 2.98. The van der Waals surface area contributed by atoms with Crippen molar-refractivity contribution in [1.29, 1.82) is 0 Å². The summed E-state index contributed by atoms with van der Waals surface area (Å²) in [6, 6.07) is 0. The molecule has 25 heavy (non-hydrogen) atoms. The van der Waals surface area contributed by atoms with Crippen LogP contribution in [-0.4, -0.2) is 58.5 Å². The molecule has 1 aromatic rings. The fraction of sp³-hybridized carbons (Fsp3) is 0.722. The molecule has 0 spiro atoms. The minimum atomic E-state index is -1.03. The standard InChI is InChI=1S/C18H29N3O4/c1-6-14-13(10-19-21(14)17(2,3)4)15(22)20-9-7-8-18(11-20,12-25-5)16(23)24/h10H,6-9,11-12H2,1-5H3,(H,23,24). The van der Waals surface area contributed by atoms with Crippen LogP contribution in [0.25, 0.3) is 0 Å². The summed E-state index contributed by atoms with van der Waals surface area (Å²) in [7, 11) is 1.49. The number of aliphatic carboxylic acids is 1. The van der Waals surface area contributed by atoms with Crippen LogP contribution in [-0.2, 0) is 21.5 Å². The van der Waals surface area contributed by atoms with E-state index in [9.17, 15) is 14.7 Å². The molecule has 1 aliphatic heterocycles. The normalized spacial score (nSPS) is 21.4. The van der Waals surface area contributed by atoms with Gasteiger partial charge in [0.05, 0.1) is 29.6 Å². The van der Waals surface area contributed by atoms with Gasteiger partial charge in [-0.25, -0.2) is 0 Å². The number of hydrogen-bond acceptors (Lipinski definition) is 4. The van der Waals surface area contributed by atoms with Crippen LogP contribution < -0.4 is 0 Å². The lowest BCUT2D eigenvalue weighted by Gasteiger charge is -2.39. The molecular formula is C18H29N3O4. The summed E-state index contributed by atoms with van der Waals surface area (Å²) in [5, 5.41) is 14.1. The van der Waals surface area contributed by atoms with E-state index in [2.05, 4.69) is 5.10 Å². The Morgan fingerprint density at radius 1 is 1.40 bits per heavy atom. The summed E-state index contributed by atoms with van der Waals surface area (Å²) >= 11 is 0. The lowest BCUT2D eigenvalue weighted by molar-refractivity contribution is -0.155. The number of hydrogen-bond donors (Lipinski definition) is 1. The highest BCUT2D eigenvalue weighted by Gasteiger charge is 2.44. The average molecular weight is 351 g/mol. The summed E-state index contributed by atoms with van der Waals surface area (Å²) in [5.74, 6) is -1.05. The number of aromatic nitrogens is 2. The van der Waals surface area contributed by atoms with Crippen LogP contribution in [0.5, 0.6) is 0 Å². The van der Waals surface area contributed by atoms with Crippen molar-refractivity contribution in [3.05, 3.63) is 17.5 Å². The Balaban J connectivity index is 2.32. The molecule has 7 heteroatoms. The molecule has 1 amide bonds. The molecule has 0 radical (unpaired) electrons.